The number of Topliss-reactive ketones (excluding diaryl/α,β-unsaturated/α-hetero) is 1. The number of fused-ring (bicyclic) bond motifs is 1. The summed E-state index contributed by atoms with van der Waals surface area (Å²) in [4.78, 5) is 44.5. The highest BCUT2D eigenvalue weighted by Crippen LogP contribution is 2.18. The van der Waals surface area contributed by atoms with Crippen molar-refractivity contribution in [1.29, 1.82) is 0 Å². The first-order valence-corrected chi connectivity index (χ1v) is 7.43. The van der Waals surface area contributed by atoms with Crippen molar-refractivity contribution in [3.05, 3.63) is 62.8 Å². The van der Waals surface area contributed by atoms with Crippen LogP contribution in [0.1, 0.15) is 44.5 Å². The van der Waals surface area contributed by atoms with Crippen molar-refractivity contribution in [2.24, 2.45) is 0 Å². The monoisotopic (exact) mass is 311 g/mol. The van der Waals surface area contributed by atoms with E-state index in [1.807, 2.05) is 6.92 Å². The van der Waals surface area contributed by atoms with Crippen LogP contribution < -0.4 is 5.56 Å². The van der Waals surface area contributed by atoms with E-state index in [0.29, 0.717) is 29.7 Å². The minimum atomic E-state index is -0.208. The fraction of sp³-hybridized carbons (Fsp3) is 0.294. The number of amides is 1. The van der Waals surface area contributed by atoms with Crippen molar-refractivity contribution in [3.63, 3.8) is 0 Å². The molecule has 6 nitrogen and oxygen atoms in total. The number of carbonyl (C=O) groups excluding carboxylic acids is 2. The van der Waals surface area contributed by atoms with E-state index in [9.17, 15) is 14.4 Å². The van der Waals surface area contributed by atoms with Crippen LogP contribution in [0.2, 0.25) is 0 Å². The molecule has 1 aromatic carbocycles. The standard InChI is InChI=1S/C17H17N3O3/c1-10-3-4-12(7-13(10)11(2)21)17(23)20-6-5-15-14(8-20)16(22)19-9-18-15/h3-4,7,9H,5-6,8H2,1-2H3,(H,18,19,22). The molecular formula is C17H17N3O3. The maximum atomic E-state index is 12.7. The van der Waals surface area contributed by atoms with E-state index < -0.39 is 0 Å². The Hall–Kier alpha value is -2.76. The Kier molecular flexibility index (Phi) is 3.82. The topological polar surface area (TPSA) is 83.1 Å². The molecule has 23 heavy (non-hydrogen) atoms. The number of aromatic amines is 1. The molecule has 3 rings (SSSR count). The summed E-state index contributed by atoms with van der Waals surface area (Å²) in [5, 5.41) is 0. The molecule has 1 N–H and O–H groups in total. The van der Waals surface area contributed by atoms with E-state index >= 15 is 0 Å². The highest BCUT2D eigenvalue weighted by molar-refractivity contribution is 6.00. The molecule has 0 radical (unpaired) electrons. The third-order valence-electron chi connectivity index (χ3n) is 4.16. The predicted molar refractivity (Wildman–Crippen MR) is 84.5 cm³/mol. The molecule has 1 amide bonds. The molecule has 6 heteroatoms. The molecule has 0 saturated heterocycles. The van der Waals surface area contributed by atoms with Gasteiger partial charge in [0.25, 0.3) is 11.5 Å². The zero-order valence-corrected chi connectivity index (χ0v) is 13.0. The molecule has 1 aromatic heterocycles. The molecule has 0 atom stereocenters. The SMILES string of the molecule is CC(=O)c1cc(C(=O)N2CCc3nc[nH]c(=O)c3C2)ccc1C. The van der Waals surface area contributed by atoms with Crippen molar-refractivity contribution in [2.45, 2.75) is 26.8 Å². The van der Waals surface area contributed by atoms with Crippen LogP contribution in [0.5, 0.6) is 0 Å². The second kappa shape index (κ2) is 5.79. The third kappa shape index (κ3) is 2.79. The van der Waals surface area contributed by atoms with Crippen LogP contribution in [0.4, 0.5) is 0 Å². The lowest BCUT2D eigenvalue weighted by molar-refractivity contribution is 0.0732. The molecule has 118 valence electrons. The van der Waals surface area contributed by atoms with Crippen LogP contribution in [-0.4, -0.2) is 33.1 Å². The molecule has 0 spiro atoms. The fourth-order valence-electron chi connectivity index (χ4n) is 2.84. The maximum Gasteiger partial charge on any atom is 0.255 e. The van der Waals surface area contributed by atoms with Crippen LogP contribution in [-0.2, 0) is 13.0 Å². The Labute approximate surface area is 133 Å². The number of hydrogen-bond donors (Lipinski definition) is 1. The number of hydrogen-bond acceptors (Lipinski definition) is 4. The van der Waals surface area contributed by atoms with Crippen molar-refractivity contribution in [1.82, 2.24) is 14.9 Å². The molecule has 0 saturated carbocycles. The van der Waals surface area contributed by atoms with Crippen LogP contribution in [0, 0.1) is 6.92 Å². The van der Waals surface area contributed by atoms with Gasteiger partial charge >= 0.3 is 0 Å². The van der Waals surface area contributed by atoms with Gasteiger partial charge < -0.3 is 9.88 Å². The van der Waals surface area contributed by atoms with Crippen LogP contribution in [0.15, 0.2) is 29.3 Å². The maximum absolute atomic E-state index is 12.7. The van der Waals surface area contributed by atoms with Gasteiger partial charge in [-0.25, -0.2) is 4.98 Å². The molecule has 1 aliphatic heterocycles. The summed E-state index contributed by atoms with van der Waals surface area (Å²) >= 11 is 0. The molecule has 0 aliphatic carbocycles. The molecule has 0 bridgehead atoms. The number of H-pyrrole nitrogens is 1. The zero-order valence-electron chi connectivity index (χ0n) is 13.0. The second-order valence-corrected chi connectivity index (χ2v) is 5.72. The van der Waals surface area contributed by atoms with E-state index in [1.54, 1.807) is 23.1 Å². The van der Waals surface area contributed by atoms with Gasteiger partial charge in [0.2, 0.25) is 0 Å². The van der Waals surface area contributed by atoms with Gasteiger partial charge in [-0.05, 0) is 31.5 Å². The fourth-order valence-corrected chi connectivity index (χ4v) is 2.84. The first kappa shape index (κ1) is 15.1. The number of benzene rings is 1. The van der Waals surface area contributed by atoms with E-state index in [0.717, 1.165) is 11.3 Å². The van der Waals surface area contributed by atoms with Crippen LogP contribution in [0.3, 0.4) is 0 Å². The van der Waals surface area contributed by atoms with E-state index in [4.69, 9.17) is 0 Å². The van der Waals surface area contributed by atoms with E-state index in [2.05, 4.69) is 9.97 Å². The van der Waals surface area contributed by atoms with Crippen LogP contribution in [0.25, 0.3) is 0 Å². The molecule has 0 fully saturated rings. The zero-order chi connectivity index (χ0) is 16.6. The van der Waals surface area contributed by atoms with E-state index in [1.165, 1.54) is 13.3 Å². The molecule has 0 unspecified atom stereocenters. The Morgan fingerprint density at radius 1 is 1.30 bits per heavy atom. The highest BCUT2D eigenvalue weighted by atomic mass is 16.2. The lowest BCUT2D eigenvalue weighted by Gasteiger charge is -2.27. The summed E-state index contributed by atoms with van der Waals surface area (Å²) < 4.78 is 0. The largest absolute Gasteiger partial charge is 0.334 e. The van der Waals surface area contributed by atoms with Gasteiger partial charge in [0.15, 0.2) is 5.78 Å². The van der Waals surface area contributed by atoms with Crippen molar-refractivity contribution < 1.29 is 9.59 Å². The van der Waals surface area contributed by atoms with Gasteiger partial charge in [0, 0.05) is 24.1 Å². The Balaban J connectivity index is 1.90. The summed E-state index contributed by atoms with van der Waals surface area (Å²) in [5.41, 5.74) is 2.92. The Bertz CT molecular complexity index is 854. The average Bonchev–Trinajstić information content (AvgIpc) is 2.54. The minimum Gasteiger partial charge on any atom is -0.334 e. The van der Waals surface area contributed by atoms with Crippen molar-refractivity contribution in [3.8, 4) is 0 Å². The average molecular weight is 311 g/mol. The Morgan fingerprint density at radius 3 is 2.83 bits per heavy atom. The summed E-state index contributed by atoms with van der Waals surface area (Å²) in [5.74, 6) is -0.247. The third-order valence-corrected chi connectivity index (χ3v) is 4.16. The second-order valence-electron chi connectivity index (χ2n) is 5.72. The first-order chi connectivity index (χ1) is 11.0. The number of nitrogens with zero attached hydrogens (tertiary/aromatic N) is 2. The van der Waals surface area contributed by atoms with Gasteiger partial charge in [0.1, 0.15) is 0 Å². The summed E-state index contributed by atoms with van der Waals surface area (Å²) in [6.07, 6.45) is 1.94. The van der Waals surface area contributed by atoms with Gasteiger partial charge in [-0.3, -0.25) is 14.4 Å². The molecule has 2 aromatic rings. The predicted octanol–water partition coefficient (Wildman–Crippen LogP) is 1.48. The summed E-state index contributed by atoms with van der Waals surface area (Å²) in [7, 11) is 0. The van der Waals surface area contributed by atoms with Gasteiger partial charge in [-0.1, -0.05) is 6.07 Å². The molecular weight excluding hydrogens is 294 g/mol. The Morgan fingerprint density at radius 2 is 2.09 bits per heavy atom. The normalized spacial score (nSPS) is 13.6. The number of ketones is 1. The van der Waals surface area contributed by atoms with Gasteiger partial charge in [-0.2, -0.15) is 0 Å². The lowest BCUT2D eigenvalue weighted by atomic mass is 10.0. The van der Waals surface area contributed by atoms with E-state index in [-0.39, 0.29) is 23.8 Å². The van der Waals surface area contributed by atoms with Crippen LogP contribution >= 0.6 is 0 Å². The van der Waals surface area contributed by atoms with Crippen molar-refractivity contribution >= 4 is 11.7 Å². The summed E-state index contributed by atoms with van der Waals surface area (Å²) in [6.45, 7) is 4.07. The molecule has 1 aliphatic rings. The number of rotatable bonds is 2. The number of aryl methyl sites for hydroxylation is 1. The molecule has 2 heterocycles. The highest BCUT2D eigenvalue weighted by Gasteiger charge is 2.25. The van der Waals surface area contributed by atoms with Gasteiger partial charge in [-0.15, -0.1) is 0 Å². The van der Waals surface area contributed by atoms with Crippen molar-refractivity contribution in [2.75, 3.05) is 6.54 Å². The quantitative estimate of drug-likeness (QED) is 0.852. The first-order valence-electron chi connectivity index (χ1n) is 7.43. The summed E-state index contributed by atoms with van der Waals surface area (Å²) in [6, 6.07) is 5.12. The number of carbonyl (C=O) groups is 2. The number of aromatic nitrogens is 2. The smallest absolute Gasteiger partial charge is 0.255 e. The number of nitrogens with one attached hydrogen (secondary N) is 1. The lowest BCUT2D eigenvalue weighted by Crippen LogP contribution is -2.39. The minimum absolute atomic E-state index is 0.0678. The van der Waals surface area contributed by atoms with Gasteiger partial charge in [0.05, 0.1) is 24.1 Å².